The summed E-state index contributed by atoms with van der Waals surface area (Å²) in [6.07, 6.45) is 4.69. The maximum Gasteiger partial charge on any atom is 0.306 e. The van der Waals surface area contributed by atoms with Crippen molar-refractivity contribution in [3.05, 3.63) is 0 Å². The minimum Gasteiger partial charge on any atom is -0.481 e. The third kappa shape index (κ3) is 4.43. The maximum atomic E-state index is 10.9. The number of rotatable bonds is 5. The molecular formula is C15H27NO4. The van der Waals surface area contributed by atoms with Gasteiger partial charge in [0, 0.05) is 19.7 Å². The molecule has 2 N–H and O–H groups in total. The molecule has 1 heterocycles. The summed E-state index contributed by atoms with van der Waals surface area (Å²) in [6, 6.07) is 0. The minimum absolute atomic E-state index is 0.271. The number of aliphatic carboxylic acids is 1. The number of carboxylic acids is 1. The molecule has 1 saturated carbocycles. The molecule has 5 nitrogen and oxygen atoms in total. The first-order valence-electron chi connectivity index (χ1n) is 7.70. The van der Waals surface area contributed by atoms with E-state index in [4.69, 9.17) is 9.84 Å². The highest BCUT2D eigenvalue weighted by Gasteiger charge is 2.36. The first kappa shape index (κ1) is 15.7. The van der Waals surface area contributed by atoms with Gasteiger partial charge in [-0.25, -0.2) is 0 Å². The van der Waals surface area contributed by atoms with Gasteiger partial charge in [0.15, 0.2) is 0 Å². The number of carboxylic acid groups (broad SMARTS) is 1. The average molecular weight is 285 g/mol. The fourth-order valence-electron chi connectivity index (χ4n) is 3.52. The Kier molecular flexibility index (Phi) is 5.41. The van der Waals surface area contributed by atoms with Crippen molar-refractivity contribution in [2.75, 3.05) is 33.4 Å². The van der Waals surface area contributed by atoms with Crippen molar-refractivity contribution in [1.29, 1.82) is 0 Å². The van der Waals surface area contributed by atoms with Crippen LogP contribution >= 0.6 is 0 Å². The Morgan fingerprint density at radius 1 is 1.35 bits per heavy atom. The van der Waals surface area contributed by atoms with Crippen LogP contribution < -0.4 is 0 Å². The van der Waals surface area contributed by atoms with Crippen molar-refractivity contribution in [3.63, 3.8) is 0 Å². The van der Waals surface area contributed by atoms with Crippen LogP contribution in [0.2, 0.25) is 0 Å². The fourth-order valence-corrected chi connectivity index (χ4v) is 3.52. The molecule has 1 unspecified atom stereocenters. The summed E-state index contributed by atoms with van der Waals surface area (Å²) in [4.78, 5) is 13.1. The lowest BCUT2D eigenvalue weighted by Gasteiger charge is -2.38. The highest BCUT2D eigenvalue weighted by Crippen LogP contribution is 2.33. The average Bonchev–Trinajstić information content (AvgIpc) is 2.39. The molecule has 116 valence electrons. The number of ether oxygens (including phenoxy) is 1. The number of likely N-dealkylation sites (N-methyl/N-ethyl adjacent to an activating group) is 1. The molecule has 2 aliphatic rings. The zero-order chi connectivity index (χ0) is 14.6. The number of nitrogens with zero attached hydrogens (tertiary/aromatic N) is 1. The molecule has 0 amide bonds. The van der Waals surface area contributed by atoms with Gasteiger partial charge in [-0.3, -0.25) is 4.79 Å². The Morgan fingerprint density at radius 2 is 2.05 bits per heavy atom. The number of carbonyl (C=O) groups is 1. The summed E-state index contributed by atoms with van der Waals surface area (Å²) in [5, 5.41) is 19.6. The van der Waals surface area contributed by atoms with E-state index in [2.05, 4.69) is 4.90 Å². The summed E-state index contributed by atoms with van der Waals surface area (Å²) < 4.78 is 5.48. The zero-order valence-corrected chi connectivity index (χ0v) is 12.4. The van der Waals surface area contributed by atoms with E-state index < -0.39 is 11.6 Å². The predicted molar refractivity (Wildman–Crippen MR) is 75.6 cm³/mol. The van der Waals surface area contributed by atoms with Crippen LogP contribution in [0.25, 0.3) is 0 Å². The monoisotopic (exact) mass is 285 g/mol. The molecule has 0 aromatic heterocycles. The maximum absolute atomic E-state index is 10.9. The predicted octanol–water partition coefficient (Wildman–Crippen LogP) is 1.35. The molecule has 20 heavy (non-hydrogen) atoms. The summed E-state index contributed by atoms with van der Waals surface area (Å²) in [7, 11) is 2.04. The van der Waals surface area contributed by atoms with Crippen molar-refractivity contribution in [3.8, 4) is 0 Å². The Morgan fingerprint density at radius 3 is 2.60 bits per heavy atom. The van der Waals surface area contributed by atoms with Crippen molar-refractivity contribution < 1.29 is 19.7 Å². The van der Waals surface area contributed by atoms with Gasteiger partial charge in [0.05, 0.1) is 18.1 Å². The lowest BCUT2D eigenvalue weighted by molar-refractivity contribution is -0.145. The van der Waals surface area contributed by atoms with Gasteiger partial charge >= 0.3 is 5.97 Å². The summed E-state index contributed by atoms with van der Waals surface area (Å²) in [5.41, 5.74) is -0.712. The van der Waals surface area contributed by atoms with Gasteiger partial charge in [-0.05, 0) is 51.5 Å². The SMILES string of the molecule is CN(CC1CCCOC1)CC1(O)CCC(C(=O)O)CC1. The van der Waals surface area contributed by atoms with Crippen LogP contribution in [0.1, 0.15) is 38.5 Å². The first-order chi connectivity index (χ1) is 9.48. The zero-order valence-electron chi connectivity index (χ0n) is 12.4. The molecule has 1 atom stereocenters. The molecule has 2 rings (SSSR count). The largest absolute Gasteiger partial charge is 0.481 e. The summed E-state index contributed by atoms with van der Waals surface area (Å²) >= 11 is 0. The topological polar surface area (TPSA) is 70.0 Å². The van der Waals surface area contributed by atoms with E-state index in [0.29, 0.717) is 38.1 Å². The van der Waals surface area contributed by atoms with Gasteiger partial charge in [0.2, 0.25) is 0 Å². The van der Waals surface area contributed by atoms with Gasteiger partial charge in [0.25, 0.3) is 0 Å². The summed E-state index contributed by atoms with van der Waals surface area (Å²) in [5.74, 6) is -0.431. The van der Waals surface area contributed by atoms with E-state index in [1.165, 1.54) is 6.42 Å². The molecular weight excluding hydrogens is 258 g/mol. The molecule has 1 saturated heterocycles. The second-order valence-electron chi connectivity index (χ2n) is 6.62. The quantitative estimate of drug-likeness (QED) is 0.798. The highest BCUT2D eigenvalue weighted by molar-refractivity contribution is 5.70. The van der Waals surface area contributed by atoms with Gasteiger partial charge in [0.1, 0.15) is 0 Å². The fraction of sp³-hybridized carbons (Fsp3) is 0.933. The van der Waals surface area contributed by atoms with Crippen molar-refractivity contribution in [2.24, 2.45) is 11.8 Å². The van der Waals surface area contributed by atoms with Crippen LogP contribution in [0.15, 0.2) is 0 Å². The second-order valence-corrected chi connectivity index (χ2v) is 6.62. The van der Waals surface area contributed by atoms with Gasteiger partial charge in [-0.1, -0.05) is 0 Å². The Bertz CT molecular complexity index is 320. The number of aliphatic hydroxyl groups is 1. The minimum atomic E-state index is -0.722. The normalized spacial score (nSPS) is 35.1. The van der Waals surface area contributed by atoms with E-state index in [9.17, 15) is 9.90 Å². The third-order valence-electron chi connectivity index (χ3n) is 4.65. The molecule has 2 fully saturated rings. The molecule has 1 aliphatic heterocycles. The Hall–Kier alpha value is -0.650. The van der Waals surface area contributed by atoms with E-state index in [1.807, 2.05) is 7.05 Å². The summed E-state index contributed by atoms with van der Waals surface area (Å²) in [6.45, 7) is 3.28. The van der Waals surface area contributed by atoms with Gasteiger partial charge in [-0.2, -0.15) is 0 Å². The van der Waals surface area contributed by atoms with Crippen molar-refractivity contribution in [1.82, 2.24) is 4.90 Å². The first-order valence-corrected chi connectivity index (χ1v) is 7.70. The second kappa shape index (κ2) is 6.87. The molecule has 0 aromatic carbocycles. The van der Waals surface area contributed by atoms with E-state index in [1.54, 1.807) is 0 Å². The highest BCUT2D eigenvalue weighted by atomic mass is 16.5. The Labute approximate surface area is 120 Å². The lowest BCUT2D eigenvalue weighted by Crippen LogP contribution is -2.46. The lowest BCUT2D eigenvalue weighted by atomic mass is 9.78. The number of hydrogen-bond acceptors (Lipinski definition) is 4. The molecule has 1 aliphatic carbocycles. The Balaban J connectivity index is 1.75. The molecule has 0 radical (unpaired) electrons. The van der Waals surface area contributed by atoms with Gasteiger partial charge < -0.3 is 19.8 Å². The molecule has 0 bridgehead atoms. The van der Waals surface area contributed by atoms with E-state index in [0.717, 1.165) is 26.2 Å². The molecule has 0 spiro atoms. The van der Waals surface area contributed by atoms with Gasteiger partial charge in [-0.15, -0.1) is 0 Å². The molecule has 5 heteroatoms. The van der Waals surface area contributed by atoms with Crippen LogP contribution in [-0.2, 0) is 9.53 Å². The van der Waals surface area contributed by atoms with E-state index >= 15 is 0 Å². The van der Waals surface area contributed by atoms with Crippen LogP contribution in [0.4, 0.5) is 0 Å². The van der Waals surface area contributed by atoms with Crippen molar-refractivity contribution >= 4 is 5.97 Å². The van der Waals surface area contributed by atoms with Crippen LogP contribution in [-0.4, -0.2) is 60.0 Å². The molecule has 0 aromatic rings. The van der Waals surface area contributed by atoms with Crippen molar-refractivity contribution in [2.45, 2.75) is 44.1 Å². The smallest absolute Gasteiger partial charge is 0.306 e. The standard InChI is InChI=1S/C15H27NO4/c1-16(9-12-3-2-8-20-10-12)11-15(19)6-4-13(5-7-15)14(17)18/h12-13,19H,2-11H2,1H3,(H,17,18). The van der Waals surface area contributed by atoms with Crippen LogP contribution in [0, 0.1) is 11.8 Å². The third-order valence-corrected chi connectivity index (χ3v) is 4.65. The van der Waals surface area contributed by atoms with E-state index in [-0.39, 0.29) is 5.92 Å². The van der Waals surface area contributed by atoms with Crippen LogP contribution in [0.3, 0.4) is 0 Å². The number of hydrogen-bond donors (Lipinski definition) is 2. The van der Waals surface area contributed by atoms with Crippen LogP contribution in [0.5, 0.6) is 0 Å².